The van der Waals surface area contributed by atoms with Crippen LogP contribution >= 0.6 is 23.1 Å². The minimum atomic E-state index is -0.0617. The standard InChI is InChI=1S/C16H14N2O2S2/c1-11(19)17-12-4-6-14(7-5-12)21-9-13-10-22-16(18-13)15-3-2-8-20-15/h2-8,10H,9H2,1H3,(H,17,19). The first-order chi connectivity index (χ1) is 10.7. The van der Waals surface area contributed by atoms with Crippen LogP contribution in [-0.2, 0) is 10.5 Å². The van der Waals surface area contributed by atoms with Crippen molar-refractivity contribution in [3.05, 3.63) is 53.7 Å². The Kier molecular flexibility index (Phi) is 4.60. The quantitative estimate of drug-likeness (QED) is 0.692. The van der Waals surface area contributed by atoms with Crippen molar-refractivity contribution in [1.82, 2.24) is 4.98 Å². The SMILES string of the molecule is CC(=O)Nc1ccc(SCc2csc(-c3ccco3)n2)cc1. The van der Waals surface area contributed by atoms with E-state index in [0.717, 1.165) is 32.8 Å². The Morgan fingerprint density at radius 3 is 2.82 bits per heavy atom. The average molecular weight is 330 g/mol. The Bertz CT molecular complexity index is 749. The number of anilines is 1. The van der Waals surface area contributed by atoms with E-state index in [2.05, 4.69) is 15.7 Å². The second kappa shape index (κ2) is 6.81. The summed E-state index contributed by atoms with van der Waals surface area (Å²) < 4.78 is 5.35. The monoisotopic (exact) mass is 330 g/mol. The van der Waals surface area contributed by atoms with Crippen LogP contribution in [0.5, 0.6) is 0 Å². The molecule has 0 aliphatic rings. The van der Waals surface area contributed by atoms with E-state index in [4.69, 9.17) is 4.42 Å². The van der Waals surface area contributed by atoms with Crippen molar-refractivity contribution in [2.75, 3.05) is 5.32 Å². The fraction of sp³-hybridized carbons (Fsp3) is 0.125. The van der Waals surface area contributed by atoms with Crippen LogP contribution in [-0.4, -0.2) is 10.9 Å². The molecule has 0 unspecified atom stereocenters. The first-order valence-corrected chi connectivity index (χ1v) is 8.56. The summed E-state index contributed by atoms with van der Waals surface area (Å²) in [7, 11) is 0. The largest absolute Gasteiger partial charge is 0.462 e. The van der Waals surface area contributed by atoms with Crippen molar-refractivity contribution in [1.29, 1.82) is 0 Å². The van der Waals surface area contributed by atoms with E-state index >= 15 is 0 Å². The van der Waals surface area contributed by atoms with E-state index in [1.54, 1.807) is 29.4 Å². The maximum Gasteiger partial charge on any atom is 0.221 e. The van der Waals surface area contributed by atoms with Gasteiger partial charge in [0.1, 0.15) is 0 Å². The molecule has 0 saturated heterocycles. The zero-order chi connectivity index (χ0) is 15.4. The molecule has 1 aromatic carbocycles. The van der Waals surface area contributed by atoms with Crippen LogP contribution in [0.1, 0.15) is 12.6 Å². The minimum Gasteiger partial charge on any atom is -0.462 e. The Hall–Kier alpha value is -2.05. The van der Waals surface area contributed by atoms with Crippen LogP contribution in [0.4, 0.5) is 5.69 Å². The molecule has 3 rings (SSSR count). The highest BCUT2D eigenvalue weighted by atomic mass is 32.2. The molecule has 112 valence electrons. The summed E-state index contributed by atoms with van der Waals surface area (Å²) in [5.41, 5.74) is 1.85. The van der Waals surface area contributed by atoms with E-state index in [1.807, 2.05) is 36.4 Å². The third-order valence-electron chi connectivity index (χ3n) is 2.85. The van der Waals surface area contributed by atoms with Crippen LogP contribution < -0.4 is 5.32 Å². The molecule has 0 fully saturated rings. The molecular formula is C16H14N2O2S2. The van der Waals surface area contributed by atoms with Crippen LogP contribution in [0.2, 0.25) is 0 Å². The topological polar surface area (TPSA) is 55.1 Å². The highest BCUT2D eigenvalue weighted by Gasteiger charge is 2.07. The van der Waals surface area contributed by atoms with E-state index in [9.17, 15) is 4.79 Å². The van der Waals surface area contributed by atoms with Gasteiger partial charge >= 0.3 is 0 Å². The Morgan fingerprint density at radius 1 is 1.32 bits per heavy atom. The van der Waals surface area contributed by atoms with E-state index in [0.29, 0.717) is 0 Å². The smallest absolute Gasteiger partial charge is 0.221 e. The molecule has 6 heteroatoms. The van der Waals surface area contributed by atoms with Gasteiger partial charge in [-0.1, -0.05) is 0 Å². The predicted octanol–water partition coefficient (Wildman–Crippen LogP) is 4.65. The van der Waals surface area contributed by atoms with Gasteiger partial charge < -0.3 is 9.73 Å². The van der Waals surface area contributed by atoms with Crippen LogP contribution in [0, 0.1) is 0 Å². The molecule has 4 nitrogen and oxygen atoms in total. The number of nitrogens with one attached hydrogen (secondary N) is 1. The molecule has 2 aromatic heterocycles. The van der Waals surface area contributed by atoms with Gasteiger partial charge in [0.05, 0.1) is 12.0 Å². The molecule has 0 spiro atoms. The number of hydrogen-bond donors (Lipinski definition) is 1. The average Bonchev–Trinajstić information content (AvgIpc) is 3.17. The summed E-state index contributed by atoms with van der Waals surface area (Å²) in [5.74, 6) is 1.55. The zero-order valence-electron chi connectivity index (χ0n) is 11.9. The summed E-state index contributed by atoms with van der Waals surface area (Å²) in [6.45, 7) is 1.50. The molecular weight excluding hydrogens is 316 g/mol. The zero-order valence-corrected chi connectivity index (χ0v) is 13.5. The molecule has 0 radical (unpaired) electrons. The van der Waals surface area contributed by atoms with E-state index < -0.39 is 0 Å². The predicted molar refractivity (Wildman–Crippen MR) is 90.1 cm³/mol. The maximum atomic E-state index is 11.0. The first kappa shape index (κ1) is 14.9. The first-order valence-electron chi connectivity index (χ1n) is 6.69. The van der Waals surface area contributed by atoms with Crippen LogP contribution in [0.15, 0.2) is 57.4 Å². The number of rotatable bonds is 5. The number of aromatic nitrogens is 1. The molecule has 22 heavy (non-hydrogen) atoms. The number of hydrogen-bond acceptors (Lipinski definition) is 5. The minimum absolute atomic E-state index is 0.0617. The van der Waals surface area contributed by atoms with Gasteiger partial charge in [0.25, 0.3) is 0 Å². The number of nitrogens with zero attached hydrogens (tertiary/aromatic N) is 1. The molecule has 1 amide bonds. The van der Waals surface area contributed by atoms with Crippen molar-refractivity contribution in [2.45, 2.75) is 17.6 Å². The number of carbonyl (C=O) groups excluding carboxylic acids is 1. The molecule has 1 N–H and O–H groups in total. The highest BCUT2D eigenvalue weighted by molar-refractivity contribution is 7.98. The summed E-state index contributed by atoms with van der Waals surface area (Å²) in [4.78, 5) is 16.7. The van der Waals surface area contributed by atoms with Gasteiger partial charge in [0, 0.05) is 28.6 Å². The maximum absolute atomic E-state index is 11.0. The van der Waals surface area contributed by atoms with Gasteiger partial charge in [-0.15, -0.1) is 23.1 Å². The van der Waals surface area contributed by atoms with Crippen molar-refractivity contribution in [3.63, 3.8) is 0 Å². The van der Waals surface area contributed by atoms with Crippen LogP contribution in [0.25, 0.3) is 10.8 Å². The van der Waals surface area contributed by atoms with Crippen molar-refractivity contribution in [2.24, 2.45) is 0 Å². The van der Waals surface area contributed by atoms with Gasteiger partial charge in [-0.05, 0) is 36.4 Å². The molecule has 0 aliphatic heterocycles. The second-order valence-electron chi connectivity index (χ2n) is 4.62. The van der Waals surface area contributed by atoms with Gasteiger partial charge in [-0.2, -0.15) is 0 Å². The summed E-state index contributed by atoms with van der Waals surface area (Å²) >= 11 is 3.30. The number of carbonyl (C=O) groups is 1. The Balaban J connectivity index is 1.59. The lowest BCUT2D eigenvalue weighted by Crippen LogP contribution is -2.05. The third-order valence-corrected chi connectivity index (χ3v) is 4.80. The lowest BCUT2D eigenvalue weighted by atomic mass is 10.3. The Labute approximate surface area is 136 Å². The normalized spacial score (nSPS) is 10.6. The van der Waals surface area contributed by atoms with Gasteiger partial charge in [-0.25, -0.2) is 4.98 Å². The molecule has 0 saturated carbocycles. The van der Waals surface area contributed by atoms with Gasteiger partial charge in [-0.3, -0.25) is 4.79 Å². The number of thioether (sulfide) groups is 1. The lowest BCUT2D eigenvalue weighted by molar-refractivity contribution is -0.114. The number of furan rings is 1. The van der Waals surface area contributed by atoms with Crippen molar-refractivity contribution < 1.29 is 9.21 Å². The number of amides is 1. The fourth-order valence-corrected chi connectivity index (χ4v) is 3.56. The van der Waals surface area contributed by atoms with Crippen molar-refractivity contribution >= 4 is 34.7 Å². The Morgan fingerprint density at radius 2 is 2.14 bits per heavy atom. The summed E-state index contributed by atoms with van der Waals surface area (Å²) in [6.07, 6.45) is 1.65. The molecule has 0 atom stereocenters. The lowest BCUT2D eigenvalue weighted by Gasteiger charge is -2.03. The highest BCUT2D eigenvalue weighted by Crippen LogP contribution is 2.28. The molecule has 0 aliphatic carbocycles. The molecule has 0 bridgehead atoms. The summed E-state index contributed by atoms with van der Waals surface area (Å²) in [6, 6.07) is 11.6. The van der Waals surface area contributed by atoms with Crippen molar-refractivity contribution in [3.8, 4) is 10.8 Å². The fourth-order valence-electron chi connectivity index (χ4n) is 1.88. The number of thiazole rings is 1. The molecule has 2 heterocycles. The van der Waals surface area contributed by atoms with E-state index in [-0.39, 0.29) is 5.91 Å². The van der Waals surface area contributed by atoms with Crippen LogP contribution in [0.3, 0.4) is 0 Å². The second-order valence-corrected chi connectivity index (χ2v) is 6.52. The van der Waals surface area contributed by atoms with Gasteiger partial charge in [0.15, 0.2) is 10.8 Å². The molecule has 3 aromatic rings. The summed E-state index contributed by atoms with van der Waals surface area (Å²) in [5, 5.41) is 5.71. The van der Waals surface area contributed by atoms with Gasteiger partial charge in [0.2, 0.25) is 5.91 Å². The number of benzene rings is 1. The van der Waals surface area contributed by atoms with E-state index in [1.165, 1.54) is 6.92 Å². The third kappa shape index (κ3) is 3.78.